The highest BCUT2D eigenvalue weighted by Crippen LogP contribution is 2.43. The van der Waals surface area contributed by atoms with Gasteiger partial charge in [-0.25, -0.2) is 0 Å². The van der Waals surface area contributed by atoms with Gasteiger partial charge in [0.25, 0.3) is 5.69 Å². The summed E-state index contributed by atoms with van der Waals surface area (Å²) in [6.07, 6.45) is -3.32. The van der Waals surface area contributed by atoms with E-state index >= 15 is 0 Å². The Morgan fingerprint density at radius 1 is 1.33 bits per heavy atom. The lowest BCUT2D eigenvalue weighted by Gasteiger charge is -2.11. The van der Waals surface area contributed by atoms with Crippen LogP contribution in [-0.2, 0) is 13.2 Å². The van der Waals surface area contributed by atoms with Gasteiger partial charge in [0.1, 0.15) is 5.76 Å². The van der Waals surface area contributed by atoms with Crippen molar-refractivity contribution in [2.24, 2.45) is 7.05 Å². The second-order valence-corrected chi connectivity index (χ2v) is 6.83. The zero-order chi connectivity index (χ0) is 19.9. The third kappa shape index (κ3) is 3.65. The molecule has 0 unspecified atom stereocenters. The molecule has 0 aliphatic heterocycles. The highest BCUT2D eigenvalue weighted by Gasteiger charge is 2.36. The minimum absolute atomic E-state index is 0.0797. The van der Waals surface area contributed by atoms with E-state index in [2.05, 4.69) is 10.2 Å². The Balaban J connectivity index is 2.04. The van der Waals surface area contributed by atoms with Crippen molar-refractivity contribution in [3.8, 4) is 11.4 Å². The molecule has 142 valence electrons. The monoisotopic (exact) mass is 418 g/mol. The fourth-order valence-corrected chi connectivity index (χ4v) is 3.59. The highest BCUT2D eigenvalue weighted by molar-refractivity contribution is 7.99. The Labute approximate surface area is 159 Å². The van der Waals surface area contributed by atoms with Gasteiger partial charge in [0.05, 0.1) is 32.2 Å². The summed E-state index contributed by atoms with van der Waals surface area (Å²) in [6.45, 7) is 1.73. The topological polar surface area (TPSA) is 87.0 Å². The molecule has 0 saturated carbocycles. The van der Waals surface area contributed by atoms with Gasteiger partial charge in [0.2, 0.25) is 0 Å². The van der Waals surface area contributed by atoms with Crippen LogP contribution in [0.2, 0.25) is 5.02 Å². The largest absolute Gasteiger partial charge is 0.469 e. The minimum Gasteiger partial charge on any atom is -0.469 e. The van der Waals surface area contributed by atoms with Crippen molar-refractivity contribution < 1.29 is 22.5 Å². The molecule has 3 rings (SSSR count). The number of halogens is 4. The zero-order valence-electron chi connectivity index (χ0n) is 13.7. The Kier molecular flexibility index (Phi) is 4.91. The molecule has 0 aliphatic carbocycles. The summed E-state index contributed by atoms with van der Waals surface area (Å²) >= 11 is 6.48. The Hall–Kier alpha value is -2.53. The maximum atomic E-state index is 13.0. The van der Waals surface area contributed by atoms with Gasteiger partial charge in [-0.15, -0.1) is 10.2 Å². The van der Waals surface area contributed by atoms with Crippen LogP contribution < -0.4 is 0 Å². The van der Waals surface area contributed by atoms with Gasteiger partial charge in [-0.2, -0.15) is 13.2 Å². The average molecular weight is 419 g/mol. The predicted octanol–water partition coefficient (Wildman–Crippen LogP) is 5.12. The third-order valence-corrected chi connectivity index (χ3v) is 5.08. The van der Waals surface area contributed by atoms with Crippen LogP contribution in [0, 0.1) is 17.0 Å². The Morgan fingerprint density at radius 3 is 2.59 bits per heavy atom. The molecule has 0 saturated heterocycles. The van der Waals surface area contributed by atoms with Crippen LogP contribution in [0.5, 0.6) is 0 Å². The van der Waals surface area contributed by atoms with Crippen molar-refractivity contribution in [2.45, 2.75) is 23.2 Å². The molecule has 2 aromatic heterocycles. The van der Waals surface area contributed by atoms with Crippen LogP contribution in [0.15, 0.2) is 38.9 Å². The molecule has 2 heterocycles. The van der Waals surface area contributed by atoms with Gasteiger partial charge in [-0.05, 0) is 30.8 Å². The molecule has 0 bridgehead atoms. The highest BCUT2D eigenvalue weighted by atomic mass is 35.5. The molecular weight excluding hydrogens is 409 g/mol. The summed E-state index contributed by atoms with van der Waals surface area (Å²) in [4.78, 5) is 10.3. The smallest absolute Gasteiger partial charge is 0.418 e. The number of nitro groups is 1. The molecule has 1 aromatic carbocycles. The first-order valence-corrected chi connectivity index (χ1v) is 8.46. The lowest BCUT2D eigenvalue weighted by molar-refractivity contribution is -0.388. The molecule has 0 atom stereocenters. The van der Waals surface area contributed by atoms with Crippen LogP contribution in [0.25, 0.3) is 11.4 Å². The Bertz CT molecular complexity index is 1030. The molecule has 7 nitrogen and oxygen atoms in total. The second kappa shape index (κ2) is 6.89. The van der Waals surface area contributed by atoms with Crippen LogP contribution in [0.3, 0.4) is 0 Å². The lowest BCUT2D eigenvalue weighted by Crippen LogP contribution is -2.07. The molecule has 0 N–H and O–H groups in total. The van der Waals surface area contributed by atoms with Gasteiger partial charge >= 0.3 is 6.18 Å². The maximum Gasteiger partial charge on any atom is 0.418 e. The van der Waals surface area contributed by atoms with E-state index in [1.54, 1.807) is 24.6 Å². The molecule has 0 aliphatic rings. The molecule has 27 heavy (non-hydrogen) atoms. The van der Waals surface area contributed by atoms with E-state index in [-0.39, 0.29) is 10.1 Å². The SMILES string of the molecule is Cc1occc1-c1nnc(Sc2cc(Cl)c(C(F)(F)F)cc2[N+](=O)[O-])n1C. The third-order valence-electron chi connectivity index (χ3n) is 3.69. The average Bonchev–Trinajstić information content (AvgIpc) is 3.12. The molecule has 0 fully saturated rings. The lowest BCUT2D eigenvalue weighted by atomic mass is 10.2. The number of aromatic nitrogens is 3. The fourth-order valence-electron chi connectivity index (χ4n) is 2.34. The second-order valence-electron chi connectivity index (χ2n) is 5.41. The van der Waals surface area contributed by atoms with E-state index in [1.165, 1.54) is 6.26 Å². The zero-order valence-corrected chi connectivity index (χ0v) is 15.3. The number of nitrogens with zero attached hydrogens (tertiary/aromatic N) is 4. The number of hydrogen-bond acceptors (Lipinski definition) is 6. The van der Waals surface area contributed by atoms with Crippen LogP contribution in [0.4, 0.5) is 18.9 Å². The van der Waals surface area contributed by atoms with Crippen molar-refractivity contribution in [3.05, 3.63) is 50.9 Å². The quantitative estimate of drug-likeness (QED) is 0.432. The molecule has 0 radical (unpaired) electrons. The van der Waals surface area contributed by atoms with Crippen molar-refractivity contribution >= 4 is 29.1 Å². The van der Waals surface area contributed by atoms with E-state index in [0.717, 1.165) is 17.8 Å². The van der Waals surface area contributed by atoms with E-state index in [1.807, 2.05) is 0 Å². The fraction of sp³-hybridized carbons (Fsp3) is 0.200. The molecule has 12 heteroatoms. The molecule has 3 aromatic rings. The van der Waals surface area contributed by atoms with Crippen molar-refractivity contribution in [2.75, 3.05) is 0 Å². The standard InChI is InChI=1S/C15H10ClF3N4O3S/c1-7-8(3-4-26-7)13-20-21-14(22(13)2)27-12-6-10(16)9(15(17,18)19)5-11(12)23(24)25/h3-6H,1-2H3. The number of alkyl halides is 3. The number of nitro benzene ring substituents is 1. The van der Waals surface area contributed by atoms with E-state index in [9.17, 15) is 23.3 Å². The molecule has 0 amide bonds. The van der Waals surface area contributed by atoms with Gasteiger partial charge in [-0.1, -0.05) is 11.6 Å². The summed E-state index contributed by atoms with van der Waals surface area (Å²) in [5.41, 5.74) is -1.31. The number of furan rings is 1. The number of aryl methyl sites for hydroxylation is 1. The van der Waals surface area contributed by atoms with Gasteiger partial charge < -0.3 is 8.98 Å². The number of benzene rings is 1. The van der Waals surface area contributed by atoms with E-state index in [0.29, 0.717) is 23.2 Å². The molecular formula is C15H10ClF3N4O3S. The minimum atomic E-state index is -4.80. The van der Waals surface area contributed by atoms with Crippen LogP contribution >= 0.6 is 23.4 Å². The van der Waals surface area contributed by atoms with Crippen molar-refractivity contribution in [1.29, 1.82) is 0 Å². The van der Waals surface area contributed by atoms with Crippen molar-refractivity contribution in [3.63, 3.8) is 0 Å². The summed E-state index contributed by atoms with van der Waals surface area (Å²) in [5.74, 6) is 1.05. The predicted molar refractivity (Wildman–Crippen MR) is 90.7 cm³/mol. The first kappa shape index (κ1) is 19.2. The summed E-state index contributed by atoms with van der Waals surface area (Å²) in [7, 11) is 1.63. The number of rotatable bonds is 4. The van der Waals surface area contributed by atoms with E-state index < -0.39 is 27.4 Å². The maximum absolute atomic E-state index is 13.0. The Morgan fingerprint density at radius 2 is 2.04 bits per heavy atom. The summed E-state index contributed by atoms with van der Waals surface area (Å²) < 4.78 is 45.7. The van der Waals surface area contributed by atoms with E-state index in [4.69, 9.17) is 16.0 Å². The summed E-state index contributed by atoms with van der Waals surface area (Å²) in [5, 5.41) is 18.8. The molecule has 0 spiro atoms. The van der Waals surface area contributed by atoms with Crippen molar-refractivity contribution in [1.82, 2.24) is 14.8 Å². The number of hydrogen-bond donors (Lipinski definition) is 0. The van der Waals surface area contributed by atoms with Crippen LogP contribution in [-0.4, -0.2) is 19.7 Å². The normalized spacial score (nSPS) is 11.8. The first-order chi connectivity index (χ1) is 12.6. The van der Waals surface area contributed by atoms with Gasteiger partial charge in [-0.3, -0.25) is 10.1 Å². The van der Waals surface area contributed by atoms with Gasteiger partial charge in [0.15, 0.2) is 11.0 Å². The summed E-state index contributed by atoms with van der Waals surface area (Å²) in [6, 6.07) is 3.01. The van der Waals surface area contributed by atoms with Gasteiger partial charge in [0, 0.05) is 13.1 Å². The first-order valence-electron chi connectivity index (χ1n) is 7.26. The van der Waals surface area contributed by atoms with Crippen LogP contribution in [0.1, 0.15) is 11.3 Å².